The van der Waals surface area contributed by atoms with E-state index in [2.05, 4.69) is 9.97 Å². The number of benzene rings is 1. The number of rotatable bonds is 3. The van der Waals surface area contributed by atoms with Crippen molar-refractivity contribution in [3.05, 3.63) is 63.7 Å². The van der Waals surface area contributed by atoms with Crippen LogP contribution in [-0.4, -0.2) is 26.9 Å². The van der Waals surface area contributed by atoms with Crippen molar-refractivity contribution < 1.29 is 9.53 Å². The van der Waals surface area contributed by atoms with Gasteiger partial charge in [0.2, 0.25) is 0 Å². The van der Waals surface area contributed by atoms with Crippen LogP contribution >= 0.6 is 11.3 Å². The molecule has 0 N–H and O–H groups in total. The number of ether oxygens (including phenoxy) is 1. The molecule has 6 nitrogen and oxygen atoms in total. The van der Waals surface area contributed by atoms with Crippen LogP contribution in [0.15, 0.2) is 47.7 Å². The molecule has 0 aliphatic heterocycles. The lowest BCUT2D eigenvalue weighted by Crippen LogP contribution is -2.24. The van der Waals surface area contributed by atoms with Crippen molar-refractivity contribution in [2.75, 3.05) is 6.61 Å². The summed E-state index contributed by atoms with van der Waals surface area (Å²) in [7, 11) is 0. The quantitative estimate of drug-likeness (QED) is 0.520. The molecular formula is C19H15N3O3S. The largest absolute Gasteiger partial charge is 0.462 e. The number of aromatic nitrogens is 3. The number of esters is 1. The Bertz CT molecular complexity index is 1200. The van der Waals surface area contributed by atoms with E-state index in [0.717, 1.165) is 26.2 Å². The minimum atomic E-state index is -0.677. The lowest BCUT2D eigenvalue weighted by Gasteiger charge is -2.07. The second kappa shape index (κ2) is 6.34. The standard InChI is InChI=1S/C19H15N3O3S/c1-3-25-19(24)13-9-20-16-15-14(12-7-5-4-6-8-12)11(2)26-17(15)21-10-22(16)18(13)23/h4-10H,3H2,1-2H3. The fraction of sp³-hybridized carbons (Fsp3) is 0.158. The molecule has 0 radical (unpaired) electrons. The average molecular weight is 365 g/mol. The number of hydrogen-bond donors (Lipinski definition) is 0. The molecule has 0 amide bonds. The van der Waals surface area contributed by atoms with Crippen LogP contribution in [0.4, 0.5) is 0 Å². The summed E-state index contributed by atoms with van der Waals surface area (Å²) in [6.07, 6.45) is 2.71. The SMILES string of the molecule is CCOC(=O)c1cnc2c3c(-c4ccccc4)c(C)sc3ncn2c1=O. The van der Waals surface area contributed by atoms with Crippen molar-refractivity contribution in [2.45, 2.75) is 13.8 Å². The molecule has 0 aliphatic carbocycles. The van der Waals surface area contributed by atoms with E-state index in [1.165, 1.54) is 16.9 Å². The predicted octanol–water partition coefficient (Wildman–Crippen LogP) is 3.46. The van der Waals surface area contributed by atoms with Crippen molar-refractivity contribution in [3.8, 4) is 11.1 Å². The van der Waals surface area contributed by atoms with Crippen molar-refractivity contribution in [1.29, 1.82) is 0 Å². The van der Waals surface area contributed by atoms with Crippen molar-refractivity contribution in [1.82, 2.24) is 14.4 Å². The molecule has 0 aliphatic rings. The molecule has 0 unspecified atom stereocenters. The predicted molar refractivity (Wildman–Crippen MR) is 101 cm³/mol. The van der Waals surface area contributed by atoms with Gasteiger partial charge in [-0.05, 0) is 19.4 Å². The first-order chi connectivity index (χ1) is 12.6. The van der Waals surface area contributed by atoms with E-state index < -0.39 is 11.5 Å². The van der Waals surface area contributed by atoms with E-state index in [1.54, 1.807) is 18.3 Å². The first-order valence-corrected chi connectivity index (χ1v) is 8.95. The van der Waals surface area contributed by atoms with Crippen LogP contribution in [0.1, 0.15) is 22.2 Å². The molecule has 7 heteroatoms. The van der Waals surface area contributed by atoms with E-state index in [4.69, 9.17) is 4.74 Å². The van der Waals surface area contributed by atoms with Gasteiger partial charge in [0, 0.05) is 16.6 Å². The third-order valence-corrected chi connectivity index (χ3v) is 5.14. The van der Waals surface area contributed by atoms with Crippen molar-refractivity contribution in [2.24, 2.45) is 0 Å². The van der Waals surface area contributed by atoms with Gasteiger partial charge in [0.25, 0.3) is 5.56 Å². The molecule has 4 aromatic rings. The van der Waals surface area contributed by atoms with Gasteiger partial charge in [0.05, 0.1) is 12.0 Å². The first kappa shape index (κ1) is 16.4. The molecule has 0 saturated heterocycles. The van der Waals surface area contributed by atoms with Gasteiger partial charge in [0.1, 0.15) is 16.7 Å². The van der Waals surface area contributed by atoms with Crippen molar-refractivity contribution >= 4 is 33.2 Å². The maximum Gasteiger partial charge on any atom is 0.345 e. The summed E-state index contributed by atoms with van der Waals surface area (Å²) in [4.78, 5) is 35.4. The maximum atomic E-state index is 12.7. The van der Waals surface area contributed by atoms with Gasteiger partial charge in [-0.15, -0.1) is 11.3 Å². The molecule has 0 spiro atoms. The summed E-state index contributed by atoms with van der Waals surface area (Å²) >= 11 is 1.55. The Labute approximate surface area is 152 Å². The molecule has 130 valence electrons. The Kier molecular flexibility index (Phi) is 4.00. The van der Waals surface area contributed by atoms with Crippen LogP contribution in [-0.2, 0) is 4.74 Å². The normalized spacial score (nSPS) is 11.2. The highest BCUT2D eigenvalue weighted by Crippen LogP contribution is 2.38. The Morgan fingerprint density at radius 1 is 1.23 bits per heavy atom. The van der Waals surface area contributed by atoms with Crippen LogP contribution in [0.2, 0.25) is 0 Å². The monoisotopic (exact) mass is 365 g/mol. The van der Waals surface area contributed by atoms with Crippen LogP contribution in [0.3, 0.4) is 0 Å². The van der Waals surface area contributed by atoms with Gasteiger partial charge >= 0.3 is 5.97 Å². The fourth-order valence-electron chi connectivity index (χ4n) is 3.00. The average Bonchev–Trinajstić information content (AvgIpc) is 2.99. The summed E-state index contributed by atoms with van der Waals surface area (Å²) in [6.45, 7) is 3.91. The van der Waals surface area contributed by atoms with E-state index >= 15 is 0 Å². The summed E-state index contributed by atoms with van der Waals surface area (Å²) in [5, 5.41) is 0.814. The van der Waals surface area contributed by atoms with E-state index in [9.17, 15) is 9.59 Å². The zero-order valence-electron chi connectivity index (χ0n) is 14.2. The molecular weight excluding hydrogens is 350 g/mol. The highest BCUT2D eigenvalue weighted by atomic mass is 32.1. The van der Waals surface area contributed by atoms with Gasteiger partial charge in [-0.3, -0.25) is 4.79 Å². The summed E-state index contributed by atoms with van der Waals surface area (Å²) in [5.41, 5.74) is 1.95. The van der Waals surface area contributed by atoms with Crippen LogP contribution in [0.25, 0.3) is 27.0 Å². The number of fused-ring (bicyclic) bond motifs is 3. The lowest BCUT2D eigenvalue weighted by molar-refractivity contribution is 0.0523. The van der Waals surface area contributed by atoms with Crippen molar-refractivity contribution in [3.63, 3.8) is 0 Å². The van der Waals surface area contributed by atoms with E-state index in [-0.39, 0.29) is 12.2 Å². The topological polar surface area (TPSA) is 73.6 Å². The zero-order chi connectivity index (χ0) is 18.3. The molecule has 26 heavy (non-hydrogen) atoms. The van der Waals surface area contributed by atoms with Gasteiger partial charge in [-0.2, -0.15) is 0 Å². The number of carbonyl (C=O) groups is 1. The number of aryl methyl sites for hydroxylation is 1. The highest BCUT2D eigenvalue weighted by Gasteiger charge is 2.19. The van der Waals surface area contributed by atoms with Gasteiger partial charge < -0.3 is 4.74 Å². The third-order valence-electron chi connectivity index (χ3n) is 4.13. The number of thiophene rings is 1. The first-order valence-electron chi connectivity index (χ1n) is 8.13. The van der Waals surface area contributed by atoms with Gasteiger partial charge in [0.15, 0.2) is 5.65 Å². The fourth-order valence-corrected chi connectivity index (χ4v) is 4.01. The second-order valence-electron chi connectivity index (χ2n) is 5.72. The summed E-state index contributed by atoms with van der Waals surface area (Å²) < 4.78 is 6.24. The molecule has 1 aromatic carbocycles. The molecule has 0 atom stereocenters. The number of carbonyl (C=O) groups excluding carboxylic acids is 1. The van der Waals surface area contributed by atoms with E-state index in [0.29, 0.717) is 5.65 Å². The zero-order valence-corrected chi connectivity index (χ0v) is 15.0. The Hall–Kier alpha value is -3.06. The smallest absolute Gasteiger partial charge is 0.345 e. The number of hydrogen-bond acceptors (Lipinski definition) is 6. The van der Waals surface area contributed by atoms with Gasteiger partial charge in [-0.1, -0.05) is 30.3 Å². The minimum Gasteiger partial charge on any atom is -0.462 e. The van der Waals surface area contributed by atoms with Crippen LogP contribution in [0.5, 0.6) is 0 Å². The minimum absolute atomic E-state index is 0.0984. The molecule has 3 aromatic heterocycles. The number of nitrogens with zero attached hydrogens (tertiary/aromatic N) is 3. The summed E-state index contributed by atoms with van der Waals surface area (Å²) in [6, 6.07) is 9.93. The second-order valence-corrected chi connectivity index (χ2v) is 6.92. The molecule has 0 bridgehead atoms. The Morgan fingerprint density at radius 3 is 2.73 bits per heavy atom. The molecule has 4 rings (SSSR count). The molecule has 0 fully saturated rings. The molecule has 0 saturated carbocycles. The summed E-state index contributed by atoms with van der Waals surface area (Å²) in [5.74, 6) is -0.677. The Morgan fingerprint density at radius 2 is 2.00 bits per heavy atom. The van der Waals surface area contributed by atoms with Gasteiger partial charge in [-0.25, -0.2) is 19.2 Å². The highest BCUT2D eigenvalue weighted by molar-refractivity contribution is 7.19. The molecule has 3 heterocycles. The third kappa shape index (κ3) is 2.48. The van der Waals surface area contributed by atoms with Crippen LogP contribution < -0.4 is 5.56 Å². The maximum absolute atomic E-state index is 12.7. The van der Waals surface area contributed by atoms with Crippen LogP contribution in [0, 0.1) is 6.92 Å². The lowest BCUT2D eigenvalue weighted by atomic mass is 10.0. The Balaban J connectivity index is 2.06. The van der Waals surface area contributed by atoms with E-state index in [1.807, 2.05) is 37.3 Å².